The highest BCUT2D eigenvalue weighted by molar-refractivity contribution is 5.82. The van der Waals surface area contributed by atoms with E-state index in [0.29, 0.717) is 0 Å². The lowest BCUT2D eigenvalue weighted by molar-refractivity contribution is -0.274. The molecule has 1 heterocycles. The van der Waals surface area contributed by atoms with Gasteiger partial charge in [-0.1, -0.05) is 17.3 Å². The molecule has 0 unspecified atom stereocenters. The van der Waals surface area contributed by atoms with E-state index in [2.05, 4.69) is 14.7 Å². The lowest BCUT2D eigenvalue weighted by Crippen LogP contribution is -2.22. The van der Waals surface area contributed by atoms with Crippen LogP contribution in [0.15, 0.2) is 29.4 Å². The minimum Gasteiger partial charge on any atom is -0.404 e. The number of benzene rings is 1. The molecule has 16 heavy (non-hydrogen) atoms. The van der Waals surface area contributed by atoms with Gasteiger partial charge < -0.3 is 9.57 Å². The van der Waals surface area contributed by atoms with Crippen LogP contribution in [0, 0.1) is 0 Å². The first-order valence-electron chi connectivity index (χ1n) is 4.33. The molecule has 0 saturated carbocycles. The Bertz CT molecular complexity index is 406. The van der Waals surface area contributed by atoms with Crippen molar-refractivity contribution in [2.75, 3.05) is 11.6 Å². The van der Waals surface area contributed by atoms with Gasteiger partial charge in [0, 0.05) is 0 Å². The number of hydrogen-bond acceptors (Lipinski definition) is 4. The molecule has 0 aliphatic carbocycles. The second-order valence-electron chi connectivity index (χ2n) is 2.96. The molecule has 1 aliphatic rings. The number of oxime groups is 1. The average molecular weight is 232 g/mol. The Labute approximate surface area is 88.9 Å². The first-order chi connectivity index (χ1) is 7.56. The van der Waals surface area contributed by atoms with E-state index < -0.39 is 6.36 Å². The van der Waals surface area contributed by atoms with E-state index in [1.807, 2.05) is 0 Å². The van der Waals surface area contributed by atoms with Crippen molar-refractivity contribution in [3.8, 4) is 5.75 Å². The highest BCUT2D eigenvalue weighted by Crippen LogP contribution is 2.32. The van der Waals surface area contributed by atoms with E-state index >= 15 is 0 Å². The Morgan fingerprint density at radius 3 is 2.69 bits per heavy atom. The Morgan fingerprint density at radius 2 is 2.06 bits per heavy atom. The number of rotatable bonds is 2. The minimum atomic E-state index is -4.71. The van der Waals surface area contributed by atoms with Crippen LogP contribution in [0.25, 0.3) is 0 Å². The molecule has 1 aromatic carbocycles. The van der Waals surface area contributed by atoms with Crippen molar-refractivity contribution >= 4 is 12.0 Å². The van der Waals surface area contributed by atoms with Crippen LogP contribution in [-0.2, 0) is 4.84 Å². The molecule has 0 fully saturated rings. The van der Waals surface area contributed by atoms with Crippen molar-refractivity contribution in [3.63, 3.8) is 0 Å². The second-order valence-corrected chi connectivity index (χ2v) is 2.96. The fourth-order valence-corrected chi connectivity index (χ4v) is 1.26. The number of nitrogens with zero attached hydrogens (tertiary/aromatic N) is 2. The van der Waals surface area contributed by atoms with Gasteiger partial charge in [-0.05, 0) is 12.1 Å². The van der Waals surface area contributed by atoms with Gasteiger partial charge in [0.25, 0.3) is 0 Å². The van der Waals surface area contributed by atoms with Crippen LogP contribution in [0.2, 0.25) is 0 Å². The normalized spacial score (nSPS) is 15.1. The third-order valence-corrected chi connectivity index (χ3v) is 1.86. The summed E-state index contributed by atoms with van der Waals surface area (Å²) in [6, 6.07) is 5.78. The van der Waals surface area contributed by atoms with Crippen LogP contribution in [0.4, 0.5) is 18.9 Å². The van der Waals surface area contributed by atoms with E-state index in [9.17, 15) is 13.2 Å². The molecule has 86 valence electrons. The van der Waals surface area contributed by atoms with E-state index in [0.717, 1.165) is 0 Å². The van der Waals surface area contributed by atoms with Gasteiger partial charge in [0.05, 0.1) is 5.69 Å². The summed E-state index contributed by atoms with van der Waals surface area (Å²) in [4.78, 5) is 6.06. The third-order valence-electron chi connectivity index (χ3n) is 1.86. The van der Waals surface area contributed by atoms with Crippen molar-refractivity contribution in [1.29, 1.82) is 0 Å². The molecule has 2 rings (SSSR count). The predicted octanol–water partition coefficient (Wildman–Crippen LogP) is 2.32. The summed E-state index contributed by atoms with van der Waals surface area (Å²) in [5.41, 5.74) is 0.251. The predicted molar refractivity (Wildman–Crippen MR) is 50.0 cm³/mol. The van der Waals surface area contributed by atoms with Crippen LogP contribution in [-0.4, -0.2) is 19.4 Å². The van der Waals surface area contributed by atoms with Crippen LogP contribution in [0.5, 0.6) is 5.75 Å². The lowest BCUT2D eigenvalue weighted by atomic mass is 10.3. The first-order valence-corrected chi connectivity index (χ1v) is 4.33. The summed E-state index contributed by atoms with van der Waals surface area (Å²) < 4.78 is 40.2. The maximum Gasteiger partial charge on any atom is 0.573 e. The number of para-hydroxylation sites is 2. The van der Waals surface area contributed by atoms with Gasteiger partial charge >= 0.3 is 6.36 Å². The smallest absolute Gasteiger partial charge is 0.404 e. The Hall–Kier alpha value is -1.92. The van der Waals surface area contributed by atoms with Crippen molar-refractivity contribution in [2.24, 2.45) is 5.16 Å². The van der Waals surface area contributed by atoms with Crippen molar-refractivity contribution in [1.82, 2.24) is 0 Å². The topological polar surface area (TPSA) is 34.1 Å². The fraction of sp³-hybridized carbons (Fsp3) is 0.222. The SMILES string of the molecule is FC(F)(F)Oc1ccccc1N1C=NOC1. The summed E-state index contributed by atoms with van der Waals surface area (Å²) in [5.74, 6) is -0.285. The van der Waals surface area contributed by atoms with Crippen molar-refractivity contribution < 1.29 is 22.7 Å². The Morgan fingerprint density at radius 1 is 1.31 bits per heavy atom. The number of hydrogen-bond donors (Lipinski definition) is 0. The first kappa shape index (κ1) is 10.6. The van der Waals surface area contributed by atoms with Crippen LogP contribution in [0.3, 0.4) is 0 Å². The standard InChI is InChI=1S/C9H7F3N2O2/c10-9(11,12)16-8-4-2-1-3-7(8)14-5-13-15-6-14/h1-5H,6H2. The highest BCUT2D eigenvalue weighted by atomic mass is 19.4. The van der Waals surface area contributed by atoms with Crippen LogP contribution < -0.4 is 9.64 Å². The Kier molecular flexibility index (Phi) is 2.59. The van der Waals surface area contributed by atoms with Gasteiger partial charge in [0.15, 0.2) is 12.5 Å². The number of halogens is 3. The summed E-state index contributed by atoms with van der Waals surface area (Å²) in [5, 5.41) is 3.44. The van der Waals surface area contributed by atoms with E-state index in [-0.39, 0.29) is 18.2 Å². The molecule has 0 saturated heterocycles. The van der Waals surface area contributed by atoms with Gasteiger partial charge in [-0.2, -0.15) is 0 Å². The molecule has 7 heteroatoms. The molecule has 0 aromatic heterocycles. The van der Waals surface area contributed by atoms with E-state index in [1.54, 1.807) is 6.07 Å². The number of ether oxygens (including phenoxy) is 1. The highest BCUT2D eigenvalue weighted by Gasteiger charge is 2.32. The molecule has 0 radical (unpaired) electrons. The zero-order valence-corrected chi connectivity index (χ0v) is 7.94. The fourth-order valence-electron chi connectivity index (χ4n) is 1.26. The second kappa shape index (κ2) is 3.92. The van der Waals surface area contributed by atoms with Crippen molar-refractivity contribution in [3.05, 3.63) is 24.3 Å². The average Bonchev–Trinajstić information content (AvgIpc) is 2.69. The molecule has 0 amide bonds. The summed E-state index contributed by atoms with van der Waals surface area (Å²) in [6.07, 6.45) is -3.42. The largest absolute Gasteiger partial charge is 0.573 e. The minimum absolute atomic E-state index is 0.0677. The van der Waals surface area contributed by atoms with Gasteiger partial charge in [-0.15, -0.1) is 13.2 Å². The van der Waals surface area contributed by atoms with Gasteiger partial charge in [0.2, 0.25) is 0 Å². The zero-order chi connectivity index (χ0) is 11.6. The molecule has 0 N–H and O–H groups in total. The molecular weight excluding hydrogens is 225 g/mol. The van der Waals surface area contributed by atoms with E-state index in [4.69, 9.17) is 0 Å². The van der Waals surface area contributed by atoms with Crippen LogP contribution >= 0.6 is 0 Å². The molecule has 4 nitrogen and oxygen atoms in total. The van der Waals surface area contributed by atoms with Gasteiger partial charge in [0.1, 0.15) is 6.34 Å². The molecule has 0 atom stereocenters. The lowest BCUT2D eigenvalue weighted by Gasteiger charge is -2.17. The maximum atomic E-state index is 12.1. The molecule has 0 bridgehead atoms. The monoisotopic (exact) mass is 232 g/mol. The summed E-state index contributed by atoms with van der Waals surface area (Å²) in [7, 11) is 0. The molecular formula is C9H7F3N2O2. The number of alkyl halides is 3. The third kappa shape index (κ3) is 2.36. The quantitative estimate of drug-likeness (QED) is 0.784. The number of anilines is 1. The summed E-state index contributed by atoms with van der Waals surface area (Å²) >= 11 is 0. The molecule has 0 spiro atoms. The van der Waals surface area contributed by atoms with Crippen LogP contribution in [0.1, 0.15) is 0 Å². The van der Waals surface area contributed by atoms with Gasteiger partial charge in [-0.3, -0.25) is 4.90 Å². The maximum absolute atomic E-state index is 12.1. The molecule has 1 aromatic rings. The molecule has 1 aliphatic heterocycles. The van der Waals surface area contributed by atoms with E-state index in [1.165, 1.54) is 29.4 Å². The van der Waals surface area contributed by atoms with Crippen molar-refractivity contribution in [2.45, 2.75) is 6.36 Å². The van der Waals surface area contributed by atoms with Gasteiger partial charge in [-0.25, -0.2) is 0 Å². The Balaban J connectivity index is 2.27. The zero-order valence-electron chi connectivity index (χ0n) is 7.94. The summed E-state index contributed by atoms with van der Waals surface area (Å²) in [6.45, 7) is 0.0677.